The van der Waals surface area contributed by atoms with Crippen molar-refractivity contribution in [2.24, 2.45) is 5.92 Å². The number of nitrogens with one attached hydrogen (secondary N) is 1. The summed E-state index contributed by atoms with van der Waals surface area (Å²) in [5.41, 5.74) is 10.0. The van der Waals surface area contributed by atoms with Gasteiger partial charge in [0.15, 0.2) is 5.82 Å². The van der Waals surface area contributed by atoms with Crippen molar-refractivity contribution in [1.82, 2.24) is 15.2 Å². The van der Waals surface area contributed by atoms with E-state index in [4.69, 9.17) is 10.7 Å². The molecule has 0 bridgehead atoms. The van der Waals surface area contributed by atoms with Crippen molar-refractivity contribution in [2.45, 2.75) is 31.6 Å². The molecule has 2 heterocycles. The average molecular weight is 401 g/mol. The molecule has 0 atom stereocenters. The Morgan fingerprint density at radius 1 is 1.16 bits per heavy atom. The van der Waals surface area contributed by atoms with Crippen LogP contribution in [0.1, 0.15) is 37.3 Å². The molecule has 25 heavy (non-hydrogen) atoms. The molecule has 0 radical (unpaired) electrons. The van der Waals surface area contributed by atoms with Crippen LogP contribution in [-0.4, -0.2) is 26.9 Å². The van der Waals surface area contributed by atoms with Gasteiger partial charge in [-0.3, -0.25) is 10.1 Å². The molecule has 0 saturated heterocycles. The summed E-state index contributed by atoms with van der Waals surface area (Å²) in [6.45, 7) is 0.292. The monoisotopic (exact) mass is 400 g/mol. The number of H-pyrrole nitrogens is 1. The summed E-state index contributed by atoms with van der Waals surface area (Å²) in [6.07, 6.45) is 4.24. The maximum Gasteiger partial charge on any atom is 0.155 e. The summed E-state index contributed by atoms with van der Waals surface area (Å²) in [4.78, 5) is 4.99. The Balaban J connectivity index is 1.78. The molecule has 1 aliphatic carbocycles. The molecule has 1 aliphatic rings. The Labute approximate surface area is 154 Å². The van der Waals surface area contributed by atoms with Gasteiger partial charge in [0.25, 0.3) is 0 Å². The number of hydrogen-bond donors (Lipinski definition) is 3. The molecular formula is C19H21BrN4O. The van der Waals surface area contributed by atoms with E-state index in [2.05, 4.69) is 32.2 Å². The largest absolute Gasteiger partial charge is 0.396 e. The number of pyridine rings is 1. The van der Waals surface area contributed by atoms with E-state index < -0.39 is 0 Å². The molecule has 1 aromatic carbocycles. The van der Waals surface area contributed by atoms with Crippen molar-refractivity contribution in [2.75, 3.05) is 12.3 Å². The molecule has 0 spiro atoms. The number of hydrogen-bond acceptors (Lipinski definition) is 4. The molecule has 0 amide bonds. The van der Waals surface area contributed by atoms with E-state index in [0.717, 1.165) is 58.0 Å². The van der Waals surface area contributed by atoms with Crippen molar-refractivity contribution in [1.29, 1.82) is 0 Å². The lowest BCUT2D eigenvalue weighted by Gasteiger charge is -2.27. The van der Waals surface area contributed by atoms with Crippen LogP contribution < -0.4 is 5.73 Å². The van der Waals surface area contributed by atoms with E-state index in [-0.39, 0.29) is 0 Å². The fraction of sp³-hybridized carbons (Fsp3) is 0.368. The molecule has 5 nitrogen and oxygen atoms in total. The first-order chi connectivity index (χ1) is 12.2. The number of nitrogen functional groups attached to an aromatic ring is 1. The van der Waals surface area contributed by atoms with Crippen molar-refractivity contribution in [3.05, 3.63) is 40.5 Å². The highest BCUT2D eigenvalue weighted by molar-refractivity contribution is 9.10. The Morgan fingerprint density at radius 2 is 1.88 bits per heavy atom. The molecule has 2 aromatic heterocycles. The van der Waals surface area contributed by atoms with Gasteiger partial charge in [-0.25, -0.2) is 0 Å². The molecule has 0 aliphatic heterocycles. The van der Waals surface area contributed by atoms with Gasteiger partial charge in [-0.05, 0) is 49.8 Å². The van der Waals surface area contributed by atoms with Crippen LogP contribution in [0.25, 0.3) is 22.2 Å². The van der Waals surface area contributed by atoms with E-state index in [1.54, 1.807) is 0 Å². The molecule has 4 N–H and O–H groups in total. The summed E-state index contributed by atoms with van der Waals surface area (Å²) in [5, 5.41) is 17.5. The first-order valence-electron chi connectivity index (χ1n) is 8.67. The summed E-state index contributed by atoms with van der Waals surface area (Å²) in [5.74, 6) is 1.34. The minimum absolute atomic E-state index is 0.292. The summed E-state index contributed by atoms with van der Waals surface area (Å²) in [6, 6.07) is 10.2. The van der Waals surface area contributed by atoms with Gasteiger partial charge < -0.3 is 10.8 Å². The van der Waals surface area contributed by atoms with Gasteiger partial charge in [-0.1, -0.05) is 28.1 Å². The van der Waals surface area contributed by atoms with Gasteiger partial charge in [0.1, 0.15) is 0 Å². The Hall–Kier alpha value is -1.92. The highest BCUT2D eigenvalue weighted by atomic mass is 79.9. The number of aliphatic hydroxyl groups excluding tert-OH is 1. The standard InChI is InChI=1S/C19H21BrN4O/c20-14-7-5-13(6-8-14)18-17-16(23-24-19(17)21)9-15(22-18)12-3-1-11(10-25)2-4-12/h5-9,11-12,25H,1-4,10H2,(H3,21,23,24). The predicted molar refractivity (Wildman–Crippen MR) is 103 cm³/mol. The SMILES string of the molecule is Nc1n[nH]c2cc(C3CCC(CO)CC3)nc(-c3ccc(Br)cc3)c12. The van der Waals surface area contributed by atoms with Gasteiger partial charge in [0.05, 0.1) is 16.6 Å². The lowest BCUT2D eigenvalue weighted by atomic mass is 9.80. The summed E-state index contributed by atoms with van der Waals surface area (Å²) >= 11 is 3.48. The fourth-order valence-electron chi connectivity index (χ4n) is 3.76. The number of rotatable bonds is 3. The molecule has 6 heteroatoms. The second-order valence-corrected chi connectivity index (χ2v) is 7.75. The van der Waals surface area contributed by atoms with Crippen molar-refractivity contribution >= 4 is 32.7 Å². The number of fused-ring (bicyclic) bond motifs is 1. The quantitative estimate of drug-likeness (QED) is 0.613. The number of aromatic amines is 1. The van der Waals surface area contributed by atoms with Gasteiger partial charge in [-0.15, -0.1) is 0 Å². The Bertz CT molecular complexity index is 882. The van der Waals surface area contributed by atoms with E-state index >= 15 is 0 Å². The average Bonchev–Trinajstić information content (AvgIpc) is 3.03. The van der Waals surface area contributed by atoms with Crippen molar-refractivity contribution in [3.8, 4) is 11.3 Å². The lowest BCUT2D eigenvalue weighted by Crippen LogP contribution is -2.17. The zero-order valence-electron chi connectivity index (χ0n) is 13.9. The van der Waals surface area contributed by atoms with Crippen LogP contribution in [0.4, 0.5) is 5.82 Å². The molecule has 0 unspecified atom stereocenters. The van der Waals surface area contributed by atoms with E-state index in [1.807, 2.05) is 24.3 Å². The number of aliphatic hydroxyl groups is 1. The first kappa shape index (κ1) is 16.5. The van der Waals surface area contributed by atoms with Gasteiger partial charge in [0.2, 0.25) is 0 Å². The predicted octanol–water partition coefficient (Wildman–Crippen LogP) is 4.24. The summed E-state index contributed by atoms with van der Waals surface area (Å²) < 4.78 is 1.03. The van der Waals surface area contributed by atoms with Crippen LogP contribution in [-0.2, 0) is 0 Å². The number of halogens is 1. The number of benzene rings is 1. The third-order valence-corrected chi connectivity index (χ3v) is 5.76. The normalized spacial score (nSPS) is 20.9. The lowest BCUT2D eigenvalue weighted by molar-refractivity contribution is 0.182. The van der Waals surface area contributed by atoms with Gasteiger partial charge in [-0.2, -0.15) is 5.10 Å². The zero-order chi connectivity index (χ0) is 17.4. The van der Waals surface area contributed by atoms with Gasteiger partial charge in [0, 0.05) is 28.3 Å². The van der Waals surface area contributed by atoms with Crippen LogP contribution in [0.2, 0.25) is 0 Å². The highest BCUT2D eigenvalue weighted by Gasteiger charge is 2.24. The number of nitrogens with two attached hydrogens (primary N) is 1. The maximum absolute atomic E-state index is 9.36. The van der Waals surface area contributed by atoms with Crippen LogP contribution in [0.5, 0.6) is 0 Å². The van der Waals surface area contributed by atoms with Crippen LogP contribution in [0, 0.1) is 5.92 Å². The fourth-order valence-corrected chi connectivity index (χ4v) is 4.02. The molecule has 3 aromatic rings. The highest BCUT2D eigenvalue weighted by Crippen LogP contribution is 2.38. The molecular weight excluding hydrogens is 380 g/mol. The minimum atomic E-state index is 0.292. The van der Waals surface area contributed by atoms with E-state index in [0.29, 0.717) is 24.3 Å². The van der Waals surface area contributed by atoms with Crippen LogP contribution in [0.3, 0.4) is 0 Å². The third-order valence-electron chi connectivity index (χ3n) is 5.23. The first-order valence-corrected chi connectivity index (χ1v) is 9.46. The van der Waals surface area contributed by atoms with Crippen molar-refractivity contribution < 1.29 is 5.11 Å². The topological polar surface area (TPSA) is 87.8 Å². The Kier molecular flexibility index (Phi) is 4.48. The van der Waals surface area contributed by atoms with E-state index in [1.165, 1.54) is 0 Å². The molecule has 1 fully saturated rings. The second kappa shape index (κ2) is 6.77. The zero-order valence-corrected chi connectivity index (χ0v) is 15.5. The van der Waals surface area contributed by atoms with Crippen LogP contribution >= 0.6 is 15.9 Å². The Morgan fingerprint density at radius 3 is 2.56 bits per heavy atom. The number of anilines is 1. The van der Waals surface area contributed by atoms with E-state index in [9.17, 15) is 5.11 Å². The minimum Gasteiger partial charge on any atom is -0.396 e. The maximum atomic E-state index is 9.36. The number of nitrogens with zero attached hydrogens (tertiary/aromatic N) is 2. The van der Waals surface area contributed by atoms with Crippen LogP contribution in [0.15, 0.2) is 34.8 Å². The molecule has 130 valence electrons. The second-order valence-electron chi connectivity index (χ2n) is 6.83. The smallest absolute Gasteiger partial charge is 0.155 e. The number of aromatic nitrogens is 3. The molecule has 4 rings (SSSR count). The van der Waals surface area contributed by atoms with Crippen molar-refractivity contribution in [3.63, 3.8) is 0 Å². The third kappa shape index (κ3) is 3.16. The van der Waals surface area contributed by atoms with Gasteiger partial charge >= 0.3 is 0 Å². The summed E-state index contributed by atoms with van der Waals surface area (Å²) in [7, 11) is 0. The molecule has 1 saturated carbocycles.